The molecule has 6 heteroatoms. The molecule has 104 valence electrons. The van der Waals surface area contributed by atoms with Crippen molar-refractivity contribution in [2.45, 2.75) is 0 Å². The predicted octanol–water partition coefficient (Wildman–Crippen LogP) is 4.00. The Labute approximate surface area is 117 Å². The Bertz CT molecular complexity index is 643. The van der Waals surface area contributed by atoms with Gasteiger partial charge in [-0.15, -0.1) is 0 Å². The molecular weight excluding hydrogens is 293 g/mol. The SMILES string of the molecule is COc1cc(F)c(C(=O)c2c(F)cccc2Cl)c(F)c1. The fraction of sp³-hybridized carbons (Fsp3) is 0.0714. The zero-order valence-electron chi connectivity index (χ0n) is 10.2. The number of halogens is 4. The molecule has 0 heterocycles. The van der Waals surface area contributed by atoms with E-state index in [9.17, 15) is 18.0 Å². The Balaban J connectivity index is 2.60. The van der Waals surface area contributed by atoms with Gasteiger partial charge in [-0.3, -0.25) is 4.79 Å². The molecule has 20 heavy (non-hydrogen) atoms. The number of hydrogen-bond donors (Lipinski definition) is 0. The topological polar surface area (TPSA) is 26.3 Å². The minimum Gasteiger partial charge on any atom is -0.497 e. The Kier molecular flexibility index (Phi) is 3.99. The second-order valence-corrected chi connectivity index (χ2v) is 4.30. The lowest BCUT2D eigenvalue weighted by atomic mass is 10.0. The van der Waals surface area contributed by atoms with Crippen LogP contribution in [0.3, 0.4) is 0 Å². The molecule has 0 fully saturated rings. The molecule has 0 bridgehead atoms. The average Bonchev–Trinajstić information content (AvgIpc) is 2.37. The van der Waals surface area contributed by atoms with Crippen LogP contribution in [0.25, 0.3) is 0 Å². The molecule has 0 N–H and O–H groups in total. The van der Waals surface area contributed by atoms with E-state index in [-0.39, 0.29) is 10.8 Å². The first-order valence-corrected chi connectivity index (χ1v) is 5.85. The van der Waals surface area contributed by atoms with E-state index in [2.05, 4.69) is 4.74 Å². The number of benzene rings is 2. The summed E-state index contributed by atoms with van der Waals surface area (Å²) in [5, 5.41) is -0.218. The van der Waals surface area contributed by atoms with Gasteiger partial charge in [0.1, 0.15) is 23.2 Å². The highest BCUT2D eigenvalue weighted by Crippen LogP contribution is 2.27. The molecule has 2 nitrogen and oxygen atoms in total. The van der Waals surface area contributed by atoms with Gasteiger partial charge in [-0.05, 0) is 12.1 Å². The van der Waals surface area contributed by atoms with Crippen LogP contribution < -0.4 is 4.74 Å². The van der Waals surface area contributed by atoms with Gasteiger partial charge in [0, 0.05) is 12.1 Å². The van der Waals surface area contributed by atoms with Gasteiger partial charge in [-0.25, -0.2) is 13.2 Å². The van der Waals surface area contributed by atoms with Crippen LogP contribution in [0.2, 0.25) is 5.02 Å². The highest BCUT2D eigenvalue weighted by atomic mass is 35.5. The maximum absolute atomic E-state index is 13.8. The van der Waals surface area contributed by atoms with Crippen molar-refractivity contribution in [3.63, 3.8) is 0 Å². The molecule has 0 aliphatic carbocycles. The van der Waals surface area contributed by atoms with Gasteiger partial charge >= 0.3 is 0 Å². The van der Waals surface area contributed by atoms with Crippen molar-refractivity contribution >= 4 is 17.4 Å². The first kappa shape index (κ1) is 14.4. The molecule has 0 atom stereocenters. The molecule has 0 radical (unpaired) electrons. The number of rotatable bonds is 3. The highest BCUT2D eigenvalue weighted by molar-refractivity contribution is 6.35. The minimum atomic E-state index is -1.16. The standard InChI is InChI=1S/C14H8ClF3O2/c1-20-7-5-10(17)13(11(18)6-7)14(19)12-8(15)3-2-4-9(12)16/h2-6H,1H3. The summed E-state index contributed by atoms with van der Waals surface area (Å²) in [6.45, 7) is 0. The van der Waals surface area contributed by atoms with Crippen LogP contribution in [-0.2, 0) is 0 Å². The Morgan fingerprint density at radius 1 is 1.05 bits per heavy atom. The second-order valence-electron chi connectivity index (χ2n) is 3.89. The van der Waals surface area contributed by atoms with Gasteiger partial charge in [0.15, 0.2) is 0 Å². The molecule has 0 aromatic heterocycles. The van der Waals surface area contributed by atoms with Crippen LogP contribution in [0.1, 0.15) is 15.9 Å². The number of hydrogen-bond acceptors (Lipinski definition) is 2. The quantitative estimate of drug-likeness (QED) is 0.801. The Morgan fingerprint density at radius 3 is 2.15 bits per heavy atom. The van der Waals surface area contributed by atoms with E-state index in [1.807, 2.05) is 0 Å². The van der Waals surface area contributed by atoms with Gasteiger partial charge in [-0.1, -0.05) is 17.7 Å². The van der Waals surface area contributed by atoms with Crippen molar-refractivity contribution in [3.05, 3.63) is 63.9 Å². The van der Waals surface area contributed by atoms with E-state index in [1.54, 1.807) is 0 Å². The average molecular weight is 301 g/mol. The Hall–Kier alpha value is -2.01. The van der Waals surface area contributed by atoms with Crippen molar-refractivity contribution in [2.24, 2.45) is 0 Å². The van der Waals surface area contributed by atoms with Crippen LogP contribution in [0, 0.1) is 17.5 Å². The van der Waals surface area contributed by atoms with Gasteiger partial charge in [-0.2, -0.15) is 0 Å². The maximum atomic E-state index is 13.8. The maximum Gasteiger partial charge on any atom is 0.203 e. The van der Waals surface area contributed by atoms with Crippen LogP contribution in [-0.4, -0.2) is 12.9 Å². The molecule has 0 aliphatic heterocycles. The van der Waals surface area contributed by atoms with Gasteiger partial charge in [0.25, 0.3) is 0 Å². The summed E-state index contributed by atoms with van der Waals surface area (Å²) in [7, 11) is 1.23. The van der Waals surface area contributed by atoms with E-state index in [0.717, 1.165) is 18.2 Å². The van der Waals surface area contributed by atoms with Crippen LogP contribution in [0.5, 0.6) is 5.75 Å². The Morgan fingerprint density at radius 2 is 1.65 bits per heavy atom. The second kappa shape index (κ2) is 5.54. The monoisotopic (exact) mass is 300 g/mol. The van der Waals surface area contributed by atoms with Crippen molar-refractivity contribution in [1.82, 2.24) is 0 Å². The molecule has 0 unspecified atom stereocenters. The molecule has 0 saturated heterocycles. The van der Waals surface area contributed by atoms with Crippen molar-refractivity contribution < 1.29 is 22.7 Å². The lowest BCUT2D eigenvalue weighted by Gasteiger charge is -2.08. The summed E-state index contributed by atoms with van der Waals surface area (Å²) in [5.41, 5.74) is -1.45. The largest absolute Gasteiger partial charge is 0.497 e. The molecule has 2 aromatic rings. The highest BCUT2D eigenvalue weighted by Gasteiger charge is 2.24. The predicted molar refractivity (Wildman–Crippen MR) is 67.8 cm³/mol. The summed E-state index contributed by atoms with van der Waals surface area (Å²) in [5.74, 6) is -4.49. The molecular formula is C14H8ClF3O2. The van der Waals surface area contributed by atoms with Gasteiger partial charge < -0.3 is 4.74 Å². The molecule has 2 rings (SSSR count). The van der Waals surface area contributed by atoms with Crippen LogP contribution in [0.4, 0.5) is 13.2 Å². The van der Waals surface area contributed by atoms with Crippen LogP contribution >= 0.6 is 11.6 Å². The first-order chi connectivity index (χ1) is 9.45. The molecule has 0 amide bonds. The summed E-state index contributed by atoms with van der Waals surface area (Å²) < 4.78 is 45.9. The zero-order chi connectivity index (χ0) is 14.9. The van der Waals surface area contributed by atoms with Crippen molar-refractivity contribution in [3.8, 4) is 5.75 Å². The van der Waals surface area contributed by atoms with E-state index < -0.39 is 34.4 Å². The third-order valence-electron chi connectivity index (χ3n) is 2.67. The summed E-state index contributed by atoms with van der Waals surface area (Å²) >= 11 is 5.71. The van der Waals surface area contributed by atoms with Gasteiger partial charge in [0.2, 0.25) is 5.78 Å². The lowest BCUT2D eigenvalue weighted by molar-refractivity contribution is 0.102. The molecule has 0 spiro atoms. The zero-order valence-corrected chi connectivity index (χ0v) is 11.0. The normalized spacial score (nSPS) is 10.4. The minimum absolute atomic E-state index is 0.0869. The van der Waals surface area contributed by atoms with Gasteiger partial charge in [0.05, 0.1) is 23.3 Å². The van der Waals surface area contributed by atoms with E-state index >= 15 is 0 Å². The van der Waals surface area contributed by atoms with E-state index in [4.69, 9.17) is 11.6 Å². The van der Waals surface area contributed by atoms with Crippen molar-refractivity contribution in [1.29, 1.82) is 0 Å². The third kappa shape index (κ3) is 2.49. The lowest BCUT2D eigenvalue weighted by Crippen LogP contribution is -2.10. The van der Waals surface area contributed by atoms with E-state index in [1.165, 1.54) is 19.2 Å². The summed E-state index contributed by atoms with van der Waals surface area (Å²) in [6.07, 6.45) is 0. The summed E-state index contributed by atoms with van der Waals surface area (Å²) in [6, 6.07) is 5.21. The number of carbonyl (C=O) groups excluding carboxylic acids is 1. The number of ether oxygens (including phenoxy) is 1. The molecule has 0 aliphatic rings. The summed E-state index contributed by atoms with van der Waals surface area (Å²) in [4.78, 5) is 12.1. The number of ketones is 1. The number of carbonyl (C=O) groups is 1. The fourth-order valence-electron chi connectivity index (χ4n) is 1.72. The smallest absolute Gasteiger partial charge is 0.203 e. The first-order valence-electron chi connectivity index (χ1n) is 5.47. The molecule has 2 aromatic carbocycles. The molecule has 0 saturated carbocycles. The van der Waals surface area contributed by atoms with Crippen LogP contribution in [0.15, 0.2) is 30.3 Å². The van der Waals surface area contributed by atoms with Crippen molar-refractivity contribution in [2.75, 3.05) is 7.11 Å². The number of methoxy groups -OCH3 is 1. The third-order valence-corrected chi connectivity index (χ3v) is 2.98. The fourth-order valence-corrected chi connectivity index (χ4v) is 1.97. The van der Waals surface area contributed by atoms with E-state index in [0.29, 0.717) is 0 Å².